The van der Waals surface area contributed by atoms with Gasteiger partial charge in [-0.3, -0.25) is 39.8 Å². The number of aliphatic imine (C=N–C) groups is 6. The number of hydrogen-bond acceptors (Lipinski definition) is 23. The Bertz CT molecular complexity index is 2670. The van der Waals surface area contributed by atoms with E-state index in [0.717, 1.165) is 0 Å². The molecule has 0 fully saturated rings. The average molecular weight is 1490 g/mol. The van der Waals surface area contributed by atoms with Crippen LogP contribution in [0.2, 0.25) is 0 Å². The van der Waals surface area contributed by atoms with Gasteiger partial charge in [0.1, 0.15) is 34.5 Å². The minimum Gasteiger partial charge on any atom is -0.870 e. The average Bonchev–Trinajstić information content (AvgIpc) is 3.64. The molecule has 0 unspecified atom stereocenters. The molecule has 0 amide bonds. The van der Waals surface area contributed by atoms with Gasteiger partial charge in [-0.1, -0.05) is 107 Å². The molecule has 27 nitrogen and oxygen atoms in total. The van der Waals surface area contributed by atoms with Crippen molar-refractivity contribution >= 4 is 37.3 Å². The van der Waals surface area contributed by atoms with Gasteiger partial charge in [0.25, 0.3) is 0 Å². The Morgan fingerprint density at radius 2 is 0.478 bits per heavy atom. The largest absolute Gasteiger partial charge is 3.00 e. The smallest absolute Gasteiger partial charge is 0.870 e. The number of hydrogen-bond donors (Lipinski definition) is 0. The molecule has 0 spiro atoms. The van der Waals surface area contributed by atoms with Crippen LogP contribution in [0.4, 0.5) is 0 Å². The van der Waals surface area contributed by atoms with Crippen LogP contribution in [0.5, 0.6) is 69.0 Å². The van der Waals surface area contributed by atoms with Crippen LogP contribution in [0, 0.1) is 53.5 Å². The van der Waals surface area contributed by atoms with Gasteiger partial charge in [0.05, 0.1) is 87.0 Å². The Balaban J connectivity index is -0.00000149. The van der Waals surface area contributed by atoms with E-state index in [1.54, 1.807) is 146 Å². The molecule has 6 N–H and O–H groups in total. The van der Waals surface area contributed by atoms with E-state index in [-0.39, 0.29) is 157 Å². The predicted molar refractivity (Wildman–Crippen MR) is 323 cm³/mol. The normalized spacial score (nSPS) is 10.7. The molecule has 0 saturated carbocycles. The minimum absolute atomic E-state index is 0. The Kier molecular flexibility index (Phi) is 47.1. The summed E-state index contributed by atoms with van der Waals surface area (Å²) in [6, 6.07) is 30.3. The Hall–Kier alpha value is -7.80. The summed E-state index contributed by atoms with van der Waals surface area (Å²) in [6.45, 7) is 6.27. The summed E-state index contributed by atoms with van der Waals surface area (Å²) in [6.07, 6.45) is 9.31. The molecule has 0 aliphatic heterocycles. The summed E-state index contributed by atoms with van der Waals surface area (Å²) in [5.74, 6) is 0.393. The fourth-order valence-electron chi connectivity index (χ4n) is 7.61. The van der Waals surface area contributed by atoms with Gasteiger partial charge >= 0.3 is 33.0 Å². The molecule has 0 aliphatic rings. The number of para-hydroxylation sites is 6. The third-order valence-electron chi connectivity index (χ3n) is 12.0. The summed E-state index contributed by atoms with van der Waals surface area (Å²) in [4.78, 5) is 39.0. The minimum atomic E-state index is -1.75. The zero-order valence-corrected chi connectivity index (χ0v) is 53.9. The first-order valence-corrected chi connectivity index (χ1v) is 26.0. The van der Waals surface area contributed by atoms with Gasteiger partial charge in [0, 0.05) is 115 Å². The number of benzene rings is 6. The first-order chi connectivity index (χ1) is 40.7. The summed E-state index contributed by atoms with van der Waals surface area (Å²) in [5.41, 5.74) is 2.74. The Labute approximate surface area is 572 Å². The fraction of sp³-hybridized carbons (Fsp3) is 0.300. The van der Waals surface area contributed by atoms with Crippen molar-refractivity contribution in [2.45, 2.75) is 0 Å². The summed E-state index contributed by atoms with van der Waals surface area (Å²) >= 11 is 0. The van der Waals surface area contributed by atoms with Crippen LogP contribution in [0.15, 0.2) is 139 Å². The first-order valence-electron chi connectivity index (χ1n) is 26.0. The number of rotatable bonds is 30. The Morgan fingerprint density at radius 1 is 0.344 bits per heavy atom. The maximum Gasteiger partial charge on any atom is 3.00 e. The molecule has 0 saturated heterocycles. The van der Waals surface area contributed by atoms with Crippen LogP contribution in [-0.2, 0) is 33.0 Å². The molecule has 497 valence electrons. The van der Waals surface area contributed by atoms with E-state index in [0.29, 0.717) is 112 Å². The molecular weight excluding hydrogens is 1410 g/mol. The van der Waals surface area contributed by atoms with Crippen LogP contribution in [-0.4, -0.2) is 190 Å². The summed E-state index contributed by atoms with van der Waals surface area (Å²) in [5, 5.41) is 88.7. The number of ether oxygens (including phenoxy) is 6. The van der Waals surface area contributed by atoms with Gasteiger partial charge in [0.2, 0.25) is 0 Å². The maximum absolute atomic E-state index is 12.3. The zero-order chi connectivity index (χ0) is 61.1. The third kappa shape index (κ3) is 29.7. The number of methoxy groups -OCH3 is 6. The molecule has 30 heteroatoms. The monoisotopic (exact) mass is 1490 g/mol. The molecule has 6 aromatic carbocycles. The topological polar surface area (TPSA) is 435 Å². The van der Waals surface area contributed by atoms with Gasteiger partial charge < -0.3 is 90.8 Å². The van der Waals surface area contributed by atoms with E-state index in [2.05, 4.69) is 39.8 Å². The second-order valence-corrected chi connectivity index (χ2v) is 17.4. The van der Waals surface area contributed by atoms with Crippen LogP contribution in [0.25, 0.3) is 0 Å². The van der Waals surface area contributed by atoms with E-state index in [9.17, 15) is 30.6 Å². The van der Waals surface area contributed by atoms with Crippen molar-refractivity contribution in [3.05, 3.63) is 158 Å². The van der Waals surface area contributed by atoms with E-state index >= 15 is 0 Å². The molecular formula is C60H72DyN9Ni2O18-2. The van der Waals surface area contributed by atoms with Crippen molar-refractivity contribution in [1.29, 1.82) is 0 Å². The van der Waals surface area contributed by atoms with Gasteiger partial charge in [-0.25, -0.2) is 0 Å². The van der Waals surface area contributed by atoms with Crippen LogP contribution >= 0.6 is 0 Å². The molecule has 6 rings (SSSR count). The van der Waals surface area contributed by atoms with Crippen molar-refractivity contribution in [3.63, 3.8) is 0 Å². The van der Waals surface area contributed by atoms with E-state index < -0.39 is 5.09 Å². The van der Waals surface area contributed by atoms with Gasteiger partial charge in [-0.05, 0) is 69.8 Å². The van der Waals surface area contributed by atoms with Crippen molar-refractivity contribution in [3.8, 4) is 69.0 Å². The van der Waals surface area contributed by atoms with Gasteiger partial charge in [-0.15, -0.1) is 0 Å². The summed E-state index contributed by atoms with van der Waals surface area (Å²) in [7, 11) is 8.74. The van der Waals surface area contributed by atoms with Crippen molar-refractivity contribution in [2.75, 3.05) is 121 Å². The van der Waals surface area contributed by atoms with Crippen molar-refractivity contribution in [1.82, 2.24) is 9.80 Å². The number of nitrogens with zero attached hydrogens (tertiary/aromatic N) is 9. The second kappa shape index (κ2) is 49.0. The molecule has 6 aromatic rings. The molecule has 0 heterocycles. The first kappa shape index (κ1) is 86.4. The van der Waals surface area contributed by atoms with Crippen LogP contribution < -0.4 is 59.1 Å². The second-order valence-electron chi connectivity index (χ2n) is 17.4. The van der Waals surface area contributed by atoms with Crippen molar-refractivity contribution in [2.24, 2.45) is 30.0 Å². The maximum atomic E-state index is 12.3. The molecule has 1 radical (unpaired) electrons. The van der Waals surface area contributed by atoms with Gasteiger partial charge in [0.15, 0.2) is 0 Å². The van der Waals surface area contributed by atoms with Gasteiger partial charge in [-0.2, -0.15) is 0 Å². The van der Waals surface area contributed by atoms with Crippen LogP contribution in [0.3, 0.4) is 0 Å². The third-order valence-corrected chi connectivity index (χ3v) is 12.0. The van der Waals surface area contributed by atoms with E-state index in [1.165, 1.54) is 42.7 Å². The summed E-state index contributed by atoms with van der Waals surface area (Å²) < 4.78 is 30.5. The fourth-order valence-corrected chi connectivity index (χ4v) is 7.61. The van der Waals surface area contributed by atoms with E-state index in [1.807, 2.05) is 0 Å². The molecule has 0 aliphatic carbocycles. The standard InChI is InChI=1S/2C30H36N4O6.Dy.NO3.2Ni.3H2O/c2*1-38-25-10-4-7-22(28(25)35)19-31-13-16-34(17-14-32-20-23-8-5-11-26(39-2)29(23)36)18-15-33-21-24-9-6-12-27(40-3)30(24)37;;2-1(3)4;;;;;/h2*4-12,19-21,35-37H,13-18H2,1-3H3;;;;;3*1H2/q;;;-1;+2;+3;;;/p-6. The molecule has 90 heavy (non-hydrogen) atoms. The predicted octanol–water partition coefficient (Wildman–Crippen LogP) is 1.07. The SMILES string of the molecule is COc1cccc(C=NCCN(CCN=Cc2cccc(OC)c2[O-])CCN=Cc2cccc(OC)c2[O-])c1[O-].COc1cccc(C=NCCN(CCN=Cc2cccc(OC)c2[O-])CCN=Cc2cccc(OC)c2[O-])c1[O-].O.O.O.O=[N+]([O-])[O-].[Dy].[Ni+2].[Ni+3]. The van der Waals surface area contributed by atoms with Crippen molar-refractivity contribution < 1.29 is 152 Å². The van der Waals surface area contributed by atoms with E-state index in [4.69, 9.17) is 43.7 Å². The molecule has 0 bridgehead atoms. The Morgan fingerprint density at radius 3 is 0.600 bits per heavy atom. The molecule has 0 atom stereocenters. The van der Waals surface area contributed by atoms with Crippen LogP contribution in [0.1, 0.15) is 33.4 Å². The zero-order valence-electron chi connectivity index (χ0n) is 49.9. The molecule has 0 aromatic heterocycles. The quantitative estimate of drug-likeness (QED) is 0.0263.